The Morgan fingerprint density at radius 3 is 1.63 bits per heavy atom. The Hall–Kier alpha value is -0.416. The topological polar surface area (TPSA) is 12.9 Å². The average molecular weight is 294 g/mol. The molecule has 0 aliphatic rings. The van der Waals surface area contributed by atoms with E-state index in [1.54, 1.807) is 0 Å². The van der Waals surface area contributed by atoms with E-state index in [9.17, 15) is 0 Å². The Bertz CT molecular complexity index is 402. The molecule has 1 rings (SSSR count). The maximum absolute atomic E-state index is 4.85. The molecule has 0 saturated carbocycles. The smallest absolute Gasteiger partial charge is 0.0513 e. The van der Waals surface area contributed by atoms with Gasteiger partial charge in [-0.05, 0) is 22.2 Å². The van der Waals surface area contributed by atoms with Crippen LogP contribution in [0.25, 0.3) is 0 Å². The Kier molecular flexibility index (Phi) is 4.53. The standard InChI is InChI=1S/C16H31NSi2/c1-16(2,3)13-10-11-14(17-12-13)15(18(4,5)6)19(7,8)9/h10-12,15H,1-9H3. The molecule has 0 unspecified atom stereocenters. The molecule has 1 nitrogen and oxygen atoms in total. The molecule has 0 atom stereocenters. The zero-order chi connectivity index (χ0) is 15.1. The lowest BCUT2D eigenvalue weighted by Crippen LogP contribution is -2.46. The first-order valence-corrected chi connectivity index (χ1v) is 14.5. The van der Waals surface area contributed by atoms with Crippen molar-refractivity contribution in [2.24, 2.45) is 0 Å². The fourth-order valence-corrected chi connectivity index (χ4v) is 15.7. The third kappa shape index (κ3) is 4.28. The van der Waals surface area contributed by atoms with Crippen molar-refractivity contribution in [2.45, 2.75) is 70.6 Å². The van der Waals surface area contributed by atoms with Crippen LogP contribution in [-0.2, 0) is 5.41 Å². The molecule has 0 fully saturated rings. The molecule has 3 heteroatoms. The van der Waals surface area contributed by atoms with Gasteiger partial charge in [0.05, 0.1) is 16.1 Å². The summed E-state index contributed by atoms with van der Waals surface area (Å²) in [6.45, 7) is 21.6. The van der Waals surface area contributed by atoms with Crippen molar-refractivity contribution in [3.63, 3.8) is 0 Å². The minimum atomic E-state index is -1.23. The van der Waals surface area contributed by atoms with Crippen molar-refractivity contribution in [3.8, 4) is 0 Å². The Labute approximate surface area is 121 Å². The summed E-state index contributed by atoms with van der Waals surface area (Å²) in [6, 6.07) is 4.58. The van der Waals surface area contributed by atoms with E-state index < -0.39 is 16.1 Å². The third-order valence-electron chi connectivity index (χ3n) is 3.68. The molecule has 0 aromatic carbocycles. The predicted molar refractivity (Wildman–Crippen MR) is 92.4 cm³/mol. The van der Waals surface area contributed by atoms with Crippen LogP contribution >= 0.6 is 0 Å². The second kappa shape index (κ2) is 5.17. The van der Waals surface area contributed by atoms with Crippen LogP contribution in [0, 0.1) is 0 Å². The van der Waals surface area contributed by atoms with E-state index in [4.69, 9.17) is 4.98 Å². The Morgan fingerprint density at radius 2 is 1.37 bits per heavy atom. The van der Waals surface area contributed by atoms with Crippen LogP contribution in [0.15, 0.2) is 18.3 Å². The van der Waals surface area contributed by atoms with Gasteiger partial charge in [-0.25, -0.2) is 0 Å². The summed E-state index contributed by atoms with van der Waals surface area (Å²) in [5, 5.41) is 0.731. The van der Waals surface area contributed by atoms with E-state index in [0.29, 0.717) is 0 Å². The van der Waals surface area contributed by atoms with E-state index in [0.717, 1.165) is 5.16 Å². The fourth-order valence-electron chi connectivity index (χ4n) is 3.21. The number of hydrogen-bond acceptors (Lipinski definition) is 1. The second-order valence-corrected chi connectivity index (χ2v) is 20.1. The van der Waals surface area contributed by atoms with Gasteiger partial charge in [0.25, 0.3) is 0 Å². The van der Waals surface area contributed by atoms with E-state index >= 15 is 0 Å². The van der Waals surface area contributed by atoms with Crippen molar-refractivity contribution in [1.29, 1.82) is 0 Å². The lowest BCUT2D eigenvalue weighted by atomic mass is 9.88. The van der Waals surface area contributed by atoms with Crippen LogP contribution in [0.1, 0.15) is 37.2 Å². The van der Waals surface area contributed by atoms with Gasteiger partial charge in [-0.3, -0.25) is 4.98 Å². The maximum atomic E-state index is 4.85. The number of rotatable bonds is 3. The lowest BCUT2D eigenvalue weighted by molar-refractivity contribution is 0.587. The van der Waals surface area contributed by atoms with Gasteiger partial charge in [0, 0.05) is 11.9 Å². The fraction of sp³-hybridized carbons (Fsp3) is 0.688. The molecule has 1 aromatic heterocycles. The SMILES string of the molecule is CC(C)(C)c1ccc(C([Si](C)(C)C)[Si](C)(C)C)nc1. The Morgan fingerprint density at radius 1 is 0.895 bits per heavy atom. The zero-order valence-electron chi connectivity index (χ0n) is 14.3. The molecule has 1 heterocycles. The molecule has 108 valence electrons. The molecule has 0 spiro atoms. The Balaban J connectivity index is 3.20. The quantitative estimate of drug-likeness (QED) is 0.696. The van der Waals surface area contributed by atoms with Gasteiger partial charge < -0.3 is 0 Å². The van der Waals surface area contributed by atoms with E-state index in [1.165, 1.54) is 11.3 Å². The summed E-state index contributed by atoms with van der Waals surface area (Å²) in [6.07, 6.45) is 2.10. The molecule has 0 N–H and O–H groups in total. The number of pyridine rings is 1. The maximum Gasteiger partial charge on any atom is 0.0513 e. The number of hydrogen-bond donors (Lipinski definition) is 0. The highest BCUT2D eigenvalue weighted by molar-refractivity contribution is 6.96. The van der Waals surface area contributed by atoms with E-state index in [2.05, 4.69) is 78.4 Å². The van der Waals surface area contributed by atoms with E-state index in [-0.39, 0.29) is 5.41 Å². The van der Waals surface area contributed by atoms with Gasteiger partial charge in [-0.1, -0.05) is 66.1 Å². The molecule has 0 aliphatic heterocycles. The first-order valence-electron chi connectivity index (χ1n) is 7.30. The van der Waals surface area contributed by atoms with Crippen molar-refractivity contribution in [3.05, 3.63) is 29.6 Å². The van der Waals surface area contributed by atoms with Gasteiger partial charge in [-0.2, -0.15) is 0 Å². The molecule has 19 heavy (non-hydrogen) atoms. The van der Waals surface area contributed by atoms with Crippen LogP contribution in [0.4, 0.5) is 0 Å². The van der Waals surface area contributed by atoms with Gasteiger partial charge in [0.2, 0.25) is 0 Å². The molecular formula is C16H31NSi2. The molecule has 0 amide bonds. The van der Waals surface area contributed by atoms with E-state index in [1.807, 2.05) is 0 Å². The highest BCUT2D eigenvalue weighted by Crippen LogP contribution is 2.35. The van der Waals surface area contributed by atoms with Crippen LogP contribution in [-0.4, -0.2) is 21.1 Å². The first kappa shape index (κ1) is 16.6. The minimum absolute atomic E-state index is 0.194. The molecule has 0 saturated heterocycles. The van der Waals surface area contributed by atoms with Crippen molar-refractivity contribution >= 4 is 16.1 Å². The monoisotopic (exact) mass is 293 g/mol. The molecule has 1 aromatic rings. The summed E-state index contributed by atoms with van der Waals surface area (Å²) in [7, 11) is -2.45. The van der Waals surface area contributed by atoms with Crippen LogP contribution in [0.5, 0.6) is 0 Å². The highest BCUT2D eigenvalue weighted by atomic mass is 28.4. The lowest BCUT2D eigenvalue weighted by Gasteiger charge is -2.38. The van der Waals surface area contributed by atoms with Gasteiger partial charge in [-0.15, -0.1) is 0 Å². The van der Waals surface area contributed by atoms with Crippen LogP contribution in [0.2, 0.25) is 39.3 Å². The average Bonchev–Trinajstić information content (AvgIpc) is 2.12. The van der Waals surface area contributed by atoms with Crippen LogP contribution < -0.4 is 0 Å². The summed E-state index contributed by atoms with van der Waals surface area (Å²) in [5.41, 5.74) is 2.87. The first-order chi connectivity index (χ1) is 8.33. The molecule has 0 radical (unpaired) electrons. The largest absolute Gasteiger partial charge is 0.261 e. The highest BCUT2D eigenvalue weighted by Gasteiger charge is 2.39. The number of nitrogens with zero attached hydrogens (tertiary/aromatic N) is 1. The second-order valence-electron chi connectivity index (χ2n) is 8.89. The molecule has 0 bridgehead atoms. The van der Waals surface area contributed by atoms with Crippen molar-refractivity contribution < 1.29 is 0 Å². The van der Waals surface area contributed by atoms with Gasteiger partial charge in [0.1, 0.15) is 0 Å². The molecular weight excluding hydrogens is 262 g/mol. The van der Waals surface area contributed by atoms with Crippen molar-refractivity contribution in [2.75, 3.05) is 0 Å². The number of aromatic nitrogens is 1. The summed E-state index contributed by atoms with van der Waals surface area (Å²) in [5.74, 6) is 0. The van der Waals surface area contributed by atoms with Gasteiger partial charge in [0.15, 0.2) is 0 Å². The minimum Gasteiger partial charge on any atom is -0.261 e. The summed E-state index contributed by atoms with van der Waals surface area (Å²) >= 11 is 0. The summed E-state index contributed by atoms with van der Waals surface area (Å²) < 4.78 is 0. The predicted octanol–water partition coefficient (Wildman–Crippen LogP) is 5.22. The zero-order valence-corrected chi connectivity index (χ0v) is 16.3. The van der Waals surface area contributed by atoms with Crippen molar-refractivity contribution in [1.82, 2.24) is 4.98 Å². The third-order valence-corrected chi connectivity index (χ3v) is 12.9. The normalized spacial score (nSPS) is 14.0. The van der Waals surface area contributed by atoms with Crippen LogP contribution in [0.3, 0.4) is 0 Å². The summed E-state index contributed by atoms with van der Waals surface area (Å²) in [4.78, 5) is 4.85. The molecule has 0 aliphatic carbocycles. The van der Waals surface area contributed by atoms with Gasteiger partial charge >= 0.3 is 0 Å².